The van der Waals surface area contributed by atoms with Gasteiger partial charge in [-0.1, -0.05) is 31.9 Å². The maximum absolute atomic E-state index is 13.2. The molecule has 142 valence electrons. The van der Waals surface area contributed by atoms with Gasteiger partial charge in [0.25, 0.3) is 5.91 Å². The minimum absolute atomic E-state index is 0.0272. The minimum atomic E-state index is -0.805. The van der Waals surface area contributed by atoms with Crippen molar-refractivity contribution in [2.45, 2.75) is 45.2 Å². The molecular formula is C20H22ClN3O3. The highest BCUT2D eigenvalue weighted by Crippen LogP contribution is 2.42. The second-order valence-electron chi connectivity index (χ2n) is 7.55. The number of hydrogen-bond acceptors (Lipinski definition) is 4. The van der Waals surface area contributed by atoms with E-state index < -0.39 is 5.54 Å². The Bertz CT molecular complexity index is 867. The van der Waals surface area contributed by atoms with Crippen molar-refractivity contribution in [2.75, 3.05) is 0 Å². The van der Waals surface area contributed by atoms with E-state index in [0.29, 0.717) is 16.7 Å². The summed E-state index contributed by atoms with van der Waals surface area (Å²) >= 11 is 5.91. The first-order valence-corrected chi connectivity index (χ1v) is 9.64. The largest absolute Gasteiger partial charge is 0.439 e. The Labute approximate surface area is 162 Å². The fourth-order valence-electron chi connectivity index (χ4n) is 4.36. The summed E-state index contributed by atoms with van der Waals surface area (Å²) in [5, 5.41) is 3.62. The van der Waals surface area contributed by atoms with Crippen LogP contribution < -0.4 is 5.32 Å². The van der Waals surface area contributed by atoms with Crippen LogP contribution in [0.25, 0.3) is 11.3 Å². The quantitative estimate of drug-likeness (QED) is 0.799. The van der Waals surface area contributed by atoms with Crippen LogP contribution in [0.5, 0.6) is 0 Å². The average molecular weight is 388 g/mol. The zero-order chi connectivity index (χ0) is 19.2. The lowest BCUT2D eigenvalue weighted by Gasteiger charge is -2.42. The second kappa shape index (κ2) is 6.68. The fourth-order valence-corrected chi connectivity index (χ4v) is 4.49. The first-order valence-electron chi connectivity index (χ1n) is 9.26. The van der Waals surface area contributed by atoms with Crippen LogP contribution in [0.1, 0.15) is 39.0 Å². The molecule has 1 aromatic carbocycles. The summed E-state index contributed by atoms with van der Waals surface area (Å²) in [7, 11) is 0. The highest BCUT2D eigenvalue weighted by atomic mass is 35.5. The van der Waals surface area contributed by atoms with Crippen LogP contribution in [0.2, 0.25) is 5.02 Å². The average Bonchev–Trinajstić information content (AvgIpc) is 3.20. The molecule has 4 rings (SSSR count). The van der Waals surface area contributed by atoms with Crippen molar-refractivity contribution in [2.24, 2.45) is 11.8 Å². The third-order valence-corrected chi connectivity index (χ3v) is 6.21. The Kier molecular flexibility index (Phi) is 4.46. The van der Waals surface area contributed by atoms with Crippen molar-refractivity contribution >= 4 is 23.5 Å². The Balaban J connectivity index is 1.56. The van der Waals surface area contributed by atoms with Gasteiger partial charge >= 0.3 is 6.03 Å². The molecule has 1 spiro atoms. The molecule has 27 heavy (non-hydrogen) atoms. The molecule has 1 aliphatic heterocycles. The van der Waals surface area contributed by atoms with Crippen LogP contribution in [0.4, 0.5) is 4.79 Å². The number of carbonyl (C=O) groups is 2. The summed E-state index contributed by atoms with van der Waals surface area (Å²) in [4.78, 5) is 31.2. The van der Waals surface area contributed by atoms with Crippen molar-refractivity contribution in [3.8, 4) is 11.3 Å². The van der Waals surface area contributed by atoms with E-state index in [4.69, 9.17) is 16.0 Å². The van der Waals surface area contributed by atoms with Gasteiger partial charge in [-0.2, -0.15) is 0 Å². The third kappa shape index (κ3) is 2.92. The van der Waals surface area contributed by atoms with Crippen LogP contribution in [-0.4, -0.2) is 27.4 Å². The molecule has 6 nitrogen and oxygen atoms in total. The molecular weight excluding hydrogens is 366 g/mol. The normalized spacial score (nSPS) is 28.0. The molecule has 1 aromatic heterocycles. The Morgan fingerprint density at radius 2 is 1.89 bits per heavy atom. The van der Waals surface area contributed by atoms with E-state index in [1.54, 1.807) is 18.3 Å². The summed E-state index contributed by atoms with van der Waals surface area (Å²) in [6.45, 7) is 4.11. The number of oxazole rings is 1. The number of aromatic nitrogens is 1. The summed E-state index contributed by atoms with van der Waals surface area (Å²) in [6.07, 6.45) is 4.55. The van der Waals surface area contributed by atoms with Gasteiger partial charge in [-0.3, -0.25) is 9.69 Å². The highest BCUT2D eigenvalue weighted by molar-refractivity contribution is 6.30. The molecule has 2 fully saturated rings. The van der Waals surface area contributed by atoms with Crippen molar-refractivity contribution in [3.63, 3.8) is 0 Å². The molecule has 2 atom stereocenters. The van der Waals surface area contributed by atoms with Crippen molar-refractivity contribution in [3.05, 3.63) is 41.4 Å². The van der Waals surface area contributed by atoms with Crippen molar-refractivity contribution in [1.29, 1.82) is 0 Å². The number of rotatable bonds is 3. The lowest BCUT2D eigenvalue weighted by atomic mass is 9.67. The van der Waals surface area contributed by atoms with Gasteiger partial charge in [0.1, 0.15) is 12.1 Å². The number of amides is 3. The predicted molar refractivity (Wildman–Crippen MR) is 101 cm³/mol. The minimum Gasteiger partial charge on any atom is -0.439 e. The smallest absolute Gasteiger partial charge is 0.325 e. The zero-order valence-corrected chi connectivity index (χ0v) is 16.1. The summed E-state index contributed by atoms with van der Waals surface area (Å²) in [6, 6.07) is 6.84. The molecule has 1 saturated carbocycles. The number of urea groups is 1. The van der Waals surface area contributed by atoms with Crippen molar-refractivity contribution in [1.82, 2.24) is 15.2 Å². The van der Waals surface area contributed by atoms with Gasteiger partial charge < -0.3 is 9.73 Å². The Hall–Kier alpha value is -2.34. The lowest BCUT2D eigenvalue weighted by molar-refractivity contribution is -0.137. The molecule has 2 unspecified atom stereocenters. The van der Waals surface area contributed by atoms with Crippen LogP contribution in [-0.2, 0) is 11.3 Å². The lowest BCUT2D eigenvalue weighted by Crippen LogP contribution is -2.58. The van der Waals surface area contributed by atoms with Gasteiger partial charge in [0, 0.05) is 10.6 Å². The number of hydrogen-bond donors (Lipinski definition) is 1. The van der Waals surface area contributed by atoms with Crippen LogP contribution >= 0.6 is 11.6 Å². The maximum atomic E-state index is 13.2. The van der Waals surface area contributed by atoms with E-state index in [0.717, 1.165) is 24.8 Å². The van der Waals surface area contributed by atoms with E-state index in [1.165, 1.54) is 4.90 Å². The van der Waals surface area contributed by atoms with Gasteiger partial charge in [-0.05, 0) is 48.9 Å². The molecule has 7 heteroatoms. The highest BCUT2D eigenvalue weighted by Gasteiger charge is 2.58. The summed E-state index contributed by atoms with van der Waals surface area (Å²) < 4.78 is 5.77. The molecule has 2 aliphatic rings. The number of nitrogens with one attached hydrogen (secondary N) is 1. The first kappa shape index (κ1) is 18.0. The topological polar surface area (TPSA) is 75.4 Å². The number of imide groups is 1. The molecule has 2 heterocycles. The number of carbonyl (C=O) groups excluding carboxylic acids is 2. The SMILES string of the molecule is CC1CCCC(C)C12NC(=O)N(Cc1ncc(-c3ccc(Cl)cc3)o1)C2=O. The number of nitrogens with zero attached hydrogens (tertiary/aromatic N) is 2. The van der Waals surface area contributed by atoms with E-state index in [-0.39, 0.29) is 30.3 Å². The molecule has 3 amide bonds. The fraction of sp³-hybridized carbons (Fsp3) is 0.450. The molecule has 1 N–H and O–H groups in total. The summed E-state index contributed by atoms with van der Waals surface area (Å²) in [5.74, 6) is 0.951. The Morgan fingerprint density at radius 1 is 1.22 bits per heavy atom. The second-order valence-corrected chi connectivity index (χ2v) is 7.99. The molecule has 0 bridgehead atoms. The van der Waals surface area contributed by atoms with Crippen molar-refractivity contribution < 1.29 is 14.0 Å². The van der Waals surface area contributed by atoms with Crippen LogP contribution in [0.15, 0.2) is 34.9 Å². The van der Waals surface area contributed by atoms with Gasteiger partial charge in [0.15, 0.2) is 5.76 Å². The molecule has 0 radical (unpaired) electrons. The maximum Gasteiger partial charge on any atom is 0.325 e. The summed E-state index contributed by atoms with van der Waals surface area (Å²) in [5.41, 5.74) is 0.0300. The van der Waals surface area contributed by atoms with Gasteiger partial charge in [0.05, 0.1) is 6.20 Å². The predicted octanol–water partition coefficient (Wildman–Crippen LogP) is 4.24. The van der Waals surface area contributed by atoms with E-state index in [2.05, 4.69) is 10.3 Å². The zero-order valence-electron chi connectivity index (χ0n) is 15.4. The third-order valence-electron chi connectivity index (χ3n) is 5.96. The monoisotopic (exact) mass is 387 g/mol. The first-order chi connectivity index (χ1) is 12.9. The van der Waals surface area contributed by atoms with E-state index in [9.17, 15) is 9.59 Å². The molecule has 2 aromatic rings. The van der Waals surface area contributed by atoms with Crippen LogP contribution in [0.3, 0.4) is 0 Å². The standard InChI is InChI=1S/C20H22ClN3O3/c1-12-4-3-5-13(2)20(12)18(25)24(19(26)23-20)11-17-22-10-16(27-17)14-6-8-15(21)9-7-14/h6-10,12-13H,3-5,11H2,1-2H3,(H,23,26). The van der Waals surface area contributed by atoms with Gasteiger partial charge in [-0.15, -0.1) is 0 Å². The van der Waals surface area contributed by atoms with Gasteiger partial charge in [-0.25, -0.2) is 9.78 Å². The van der Waals surface area contributed by atoms with E-state index in [1.807, 2.05) is 26.0 Å². The molecule has 1 aliphatic carbocycles. The number of halogens is 1. The van der Waals surface area contributed by atoms with E-state index >= 15 is 0 Å². The molecule has 1 saturated heterocycles. The van der Waals surface area contributed by atoms with Gasteiger partial charge in [0.2, 0.25) is 5.89 Å². The van der Waals surface area contributed by atoms with Crippen LogP contribution in [0, 0.1) is 11.8 Å². The Morgan fingerprint density at radius 3 is 2.56 bits per heavy atom. The number of benzene rings is 1.